The molecule has 3 aromatic rings. The second-order valence-corrected chi connectivity index (χ2v) is 6.33. The van der Waals surface area contributed by atoms with E-state index in [0.717, 1.165) is 16.1 Å². The Bertz CT molecular complexity index is 895. The van der Waals surface area contributed by atoms with Crippen molar-refractivity contribution in [3.63, 3.8) is 0 Å². The van der Waals surface area contributed by atoms with Crippen LogP contribution in [0.5, 0.6) is 5.88 Å². The van der Waals surface area contributed by atoms with Gasteiger partial charge in [-0.15, -0.1) is 5.10 Å². The van der Waals surface area contributed by atoms with Crippen LogP contribution in [0.2, 0.25) is 0 Å². The van der Waals surface area contributed by atoms with Crippen molar-refractivity contribution in [3.05, 3.63) is 54.0 Å². The van der Waals surface area contributed by atoms with Gasteiger partial charge in [-0.2, -0.15) is 0 Å². The number of rotatable bonds is 5. The molecule has 0 aliphatic rings. The first-order chi connectivity index (χ1) is 12.1. The highest BCUT2D eigenvalue weighted by molar-refractivity contribution is 7.99. The molecule has 0 bridgehead atoms. The number of benzene rings is 1. The molecule has 25 heavy (non-hydrogen) atoms. The number of nitrogens with zero attached hydrogens (tertiary/aromatic N) is 4. The lowest BCUT2D eigenvalue weighted by Crippen LogP contribution is -2.13. The lowest BCUT2D eigenvalue weighted by Gasteiger charge is -2.09. The van der Waals surface area contributed by atoms with Gasteiger partial charge in [0.15, 0.2) is 5.16 Å². The maximum atomic E-state index is 12.5. The minimum absolute atomic E-state index is 0.264. The van der Waals surface area contributed by atoms with E-state index in [0.29, 0.717) is 16.6 Å². The smallest absolute Gasteiger partial charge is 0.262 e. The Morgan fingerprint density at radius 1 is 1.28 bits per heavy atom. The van der Waals surface area contributed by atoms with E-state index in [1.165, 1.54) is 18.9 Å². The highest BCUT2D eigenvalue weighted by Gasteiger charge is 2.17. The van der Waals surface area contributed by atoms with Crippen LogP contribution in [-0.4, -0.2) is 32.8 Å². The van der Waals surface area contributed by atoms with E-state index in [1.54, 1.807) is 36.4 Å². The van der Waals surface area contributed by atoms with Gasteiger partial charge in [-0.05, 0) is 48.5 Å². The highest BCUT2D eigenvalue weighted by atomic mass is 32.2. The Labute approximate surface area is 149 Å². The third-order valence-corrected chi connectivity index (χ3v) is 4.31. The summed E-state index contributed by atoms with van der Waals surface area (Å²) in [4.78, 5) is 21.9. The summed E-state index contributed by atoms with van der Waals surface area (Å²) in [5, 5.41) is 7.66. The molecule has 2 aromatic heterocycles. The first-order valence-electron chi connectivity index (χ1n) is 7.51. The van der Waals surface area contributed by atoms with E-state index in [4.69, 9.17) is 4.74 Å². The zero-order chi connectivity index (χ0) is 17.8. The van der Waals surface area contributed by atoms with E-state index < -0.39 is 0 Å². The molecule has 1 aromatic carbocycles. The molecule has 1 N–H and O–H groups in total. The standard InChI is InChI=1S/C17H17N5O2S/c1-11-9-12(25-17-18-7-4-8-19-17)5-6-14(11)20-15(23)13-10-22(2)21-16(13)24-3/h4-10H,1-3H3,(H,20,23). The SMILES string of the molecule is COc1nn(C)cc1C(=O)Nc1ccc(Sc2ncccn2)cc1C. The lowest BCUT2D eigenvalue weighted by atomic mass is 10.2. The molecular weight excluding hydrogens is 338 g/mol. The number of ether oxygens (including phenoxy) is 1. The number of carbonyl (C=O) groups excluding carboxylic acids is 1. The van der Waals surface area contributed by atoms with E-state index in [9.17, 15) is 4.79 Å². The van der Waals surface area contributed by atoms with Crippen molar-refractivity contribution in [1.29, 1.82) is 0 Å². The van der Waals surface area contributed by atoms with Crippen LogP contribution in [0.15, 0.2) is 52.9 Å². The largest absolute Gasteiger partial charge is 0.479 e. The summed E-state index contributed by atoms with van der Waals surface area (Å²) in [5.74, 6) is 0.0332. The number of carbonyl (C=O) groups is 1. The normalized spacial score (nSPS) is 10.5. The van der Waals surface area contributed by atoms with Gasteiger partial charge < -0.3 is 10.1 Å². The van der Waals surface area contributed by atoms with Crippen LogP contribution in [0.4, 0.5) is 5.69 Å². The van der Waals surface area contributed by atoms with Crippen LogP contribution in [-0.2, 0) is 7.05 Å². The summed E-state index contributed by atoms with van der Waals surface area (Å²) in [5.41, 5.74) is 2.06. The van der Waals surface area contributed by atoms with E-state index in [2.05, 4.69) is 20.4 Å². The average molecular weight is 355 g/mol. The van der Waals surface area contributed by atoms with Gasteiger partial charge >= 0.3 is 0 Å². The zero-order valence-corrected chi connectivity index (χ0v) is 14.9. The van der Waals surface area contributed by atoms with Crippen LogP contribution in [0, 0.1) is 6.92 Å². The third kappa shape index (κ3) is 3.97. The molecule has 0 fully saturated rings. The first kappa shape index (κ1) is 17.0. The van der Waals surface area contributed by atoms with Gasteiger partial charge in [0, 0.05) is 36.2 Å². The van der Waals surface area contributed by atoms with Gasteiger partial charge in [-0.1, -0.05) is 0 Å². The van der Waals surface area contributed by atoms with Gasteiger partial charge in [0.1, 0.15) is 5.56 Å². The van der Waals surface area contributed by atoms with Crippen LogP contribution < -0.4 is 10.1 Å². The third-order valence-electron chi connectivity index (χ3n) is 3.43. The second kappa shape index (κ2) is 7.35. The Morgan fingerprint density at radius 3 is 2.72 bits per heavy atom. The molecule has 3 rings (SSSR count). The zero-order valence-electron chi connectivity index (χ0n) is 14.1. The average Bonchev–Trinajstić information content (AvgIpc) is 2.99. The molecule has 0 atom stereocenters. The van der Waals surface area contributed by atoms with Crippen LogP contribution >= 0.6 is 11.8 Å². The Kier molecular flexibility index (Phi) is 4.99. The molecule has 0 radical (unpaired) electrons. The quantitative estimate of drug-likeness (QED) is 0.709. The van der Waals surface area contributed by atoms with Gasteiger partial charge in [-0.25, -0.2) is 9.97 Å². The first-order valence-corrected chi connectivity index (χ1v) is 8.33. The summed E-state index contributed by atoms with van der Waals surface area (Å²) in [6, 6.07) is 7.54. The number of hydrogen-bond donors (Lipinski definition) is 1. The number of amides is 1. The van der Waals surface area contributed by atoms with Crippen molar-refractivity contribution < 1.29 is 9.53 Å². The van der Waals surface area contributed by atoms with Gasteiger partial charge in [-0.3, -0.25) is 9.48 Å². The van der Waals surface area contributed by atoms with Crippen LogP contribution in [0.1, 0.15) is 15.9 Å². The summed E-state index contributed by atoms with van der Waals surface area (Å²) < 4.78 is 6.67. The molecule has 0 aliphatic carbocycles. The monoisotopic (exact) mass is 355 g/mol. The maximum Gasteiger partial charge on any atom is 0.262 e. The van der Waals surface area contributed by atoms with Crippen molar-refractivity contribution >= 4 is 23.4 Å². The van der Waals surface area contributed by atoms with Crippen molar-refractivity contribution in [2.45, 2.75) is 17.0 Å². The van der Waals surface area contributed by atoms with Crippen LogP contribution in [0.25, 0.3) is 0 Å². The van der Waals surface area contributed by atoms with Crippen molar-refractivity contribution in [2.75, 3.05) is 12.4 Å². The molecule has 7 nitrogen and oxygen atoms in total. The molecule has 0 saturated carbocycles. The highest BCUT2D eigenvalue weighted by Crippen LogP contribution is 2.28. The number of aromatic nitrogens is 4. The Balaban J connectivity index is 1.76. The van der Waals surface area contributed by atoms with Crippen LogP contribution in [0.3, 0.4) is 0 Å². The minimum Gasteiger partial charge on any atom is -0.479 e. The van der Waals surface area contributed by atoms with Crippen molar-refractivity contribution in [1.82, 2.24) is 19.7 Å². The molecule has 2 heterocycles. The molecule has 0 unspecified atom stereocenters. The fourth-order valence-electron chi connectivity index (χ4n) is 2.25. The predicted molar refractivity (Wildman–Crippen MR) is 95.0 cm³/mol. The molecule has 0 spiro atoms. The van der Waals surface area contributed by atoms with E-state index in [1.807, 2.05) is 25.1 Å². The van der Waals surface area contributed by atoms with Gasteiger partial charge in [0.05, 0.1) is 7.11 Å². The number of methoxy groups -OCH3 is 1. The van der Waals surface area contributed by atoms with Gasteiger partial charge in [0.2, 0.25) is 5.88 Å². The number of aryl methyl sites for hydroxylation is 2. The predicted octanol–water partition coefficient (Wildman–Crippen LogP) is 2.93. The molecule has 0 aliphatic heterocycles. The molecule has 128 valence electrons. The molecular formula is C17H17N5O2S. The van der Waals surface area contributed by atoms with Gasteiger partial charge in [0.25, 0.3) is 5.91 Å². The van der Waals surface area contributed by atoms with Crippen molar-refractivity contribution in [3.8, 4) is 5.88 Å². The summed E-state index contributed by atoms with van der Waals surface area (Å²) >= 11 is 1.47. The van der Waals surface area contributed by atoms with E-state index >= 15 is 0 Å². The second-order valence-electron chi connectivity index (χ2n) is 5.29. The summed E-state index contributed by atoms with van der Waals surface area (Å²) in [6.07, 6.45) is 5.04. The number of nitrogens with one attached hydrogen (secondary N) is 1. The molecule has 1 amide bonds. The Hall–Kier alpha value is -2.87. The topological polar surface area (TPSA) is 81.9 Å². The molecule has 8 heteroatoms. The number of anilines is 1. The lowest BCUT2D eigenvalue weighted by molar-refractivity contribution is 0.102. The Morgan fingerprint density at radius 2 is 2.04 bits per heavy atom. The van der Waals surface area contributed by atoms with Crippen molar-refractivity contribution in [2.24, 2.45) is 7.05 Å². The fourth-order valence-corrected chi connectivity index (χ4v) is 3.06. The maximum absolute atomic E-state index is 12.5. The fraction of sp³-hybridized carbons (Fsp3) is 0.176. The summed E-state index contributed by atoms with van der Waals surface area (Å²) in [7, 11) is 3.23. The molecule has 0 saturated heterocycles. The summed E-state index contributed by atoms with van der Waals surface area (Å²) in [6.45, 7) is 1.94. The number of hydrogen-bond acceptors (Lipinski definition) is 6. The van der Waals surface area contributed by atoms with E-state index in [-0.39, 0.29) is 5.91 Å². The minimum atomic E-state index is -0.264.